The molecule has 0 fully saturated rings. The molecule has 0 saturated carbocycles. The monoisotopic (exact) mass is 374 g/mol. The van der Waals surface area contributed by atoms with Gasteiger partial charge in [-0.2, -0.15) is 4.98 Å². The van der Waals surface area contributed by atoms with Gasteiger partial charge < -0.3 is 9.88 Å². The van der Waals surface area contributed by atoms with Gasteiger partial charge in [0.15, 0.2) is 0 Å². The summed E-state index contributed by atoms with van der Waals surface area (Å²) in [6, 6.07) is 13.6. The molecule has 3 aliphatic heterocycles. The highest BCUT2D eigenvalue weighted by molar-refractivity contribution is 6.33. The zero-order valence-electron chi connectivity index (χ0n) is 14.3. The number of halogens is 1. The lowest BCUT2D eigenvalue weighted by Gasteiger charge is -2.17. The molecule has 27 heavy (non-hydrogen) atoms. The number of hydrogen-bond donors (Lipinski definition) is 1. The minimum Gasteiger partial charge on any atom is -0.369 e. The lowest BCUT2D eigenvalue weighted by molar-refractivity contribution is 0.780. The van der Waals surface area contributed by atoms with Crippen LogP contribution in [-0.4, -0.2) is 26.1 Å². The Labute approximate surface area is 160 Å². The van der Waals surface area contributed by atoms with Crippen molar-refractivity contribution in [3.63, 3.8) is 0 Å². The second-order valence-corrected chi connectivity index (χ2v) is 6.64. The first-order chi connectivity index (χ1) is 13.3. The van der Waals surface area contributed by atoms with Gasteiger partial charge >= 0.3 is 0 Å². The Hall–Kier alpha value is -3.25. The summed E-state index contributed by atoms with van der Waals surface area (Å²) in [7, 11) is 0. The van der Waals surface area contributed by atoms with Crippen molar-refractivity contribution in [2.24, 2.45) is 4.99 Å². The third-order valence-corrected chi connectivity index (χ3v) is 4.86. The Morgan fingerprint density at radius 2 is 2.00 bits per heavy atom. The number of hydrogen-bond acceptors (Lipinski definition) is 5. The maximum absolute atomic E-state index is 6.44. The summed E-state index contributed by atoms with van der Waals surface area (Å²) in [5, 5.41) is 4.18. The summed E-state index contributed by atoms with van der Waals surface area (Å²) in [6.07, 6.45) is 5.21. The second-order valence-electron chi connectivity index (χ2n) is 6.24. The Kier molecular flexibility index (Phi) is 3.83. The fraction of sp³-hybridized carbons (Fsp3) is 0.100. The smallest absolute Gasteiger partial charge is 0.251 e. The van der Waals surface area contributed by atoms with Gasteiger partial charge in [-0.05, 0) is 24.3 Å². The van der Waals surface area contributed by atoms with E-state index in [0.29, 0.717) is 5.62 Å². The van der Waals surface area contributed by atoms with Crippen molar-refractivity contribution >= 4 is 23.1 Å². The van der Waals surface area contributed by atoms with Crippen molar-refractivity contribution in [3.8, 4) is 22.5 Å². The predicted molar refractivity (Wildman–Crippen MR) is 105 cm³/mol. The highest BCUT2D eigenvalue weighted by Gasteiger charge is 2.22. The van der Waals surface area contributed by atoms with Gasteiger partial charge in [0.05, 0.1) is 11.9 Å². The van der Waals surface area contributed by atoms with Crippen molar-refractivity contribution in [1.82, 2.24) is 19.5 Å². The van der Waals surface area contributed by atoms with Crippen LogP contribution in [0.1, 0.15) is 0 Å². The minimum absolute atomic E-state index is 0.419. The molecule has 0 spiro atoms. The van der Waals surface area contributed by atoms with Crippen LogP contribution in [0.2, 0.25) is 5.02 Å². The van der Waals surface area contributed by atoms with E-state index in [1.54, 1.807) is 12.4 Å². The number of fused-ring (bicyclic) bond motifs is 3. The lowest BCUT2D eigenvalue weighted by Crippen LogP contribution is -2.17. The largest absolute Gasteiger partial charge is 0.369 e. The number of aromatic nitrogens is 4. The van der Waals surface area contributed by atoms with Crippen LogP contribution in [0.4, 0.5) is 11.5 Å². The van der Waals surface area contributed by atoms with Crippen molar-refractivity contribution in [1.29, 1.82) is 0 Å². The maximum Gasteiger partial charge on any atom is 0.251 e. The number of pyridine rings is 2. The van der Waals surface area contributed by atoms with Gasteiger partial charge in [0.1, 0.15) is 11.6 Å². The van der Waals surface area contributed by atoms with Crippen LogP contribution in [0.5, 0.6) is 0 Å². The topological polar surface area (TPSA) is 68.0 Å². The van der Waals surface area contributed by atoms with Gasteiger partial charge in [0.2, 0.25) is 0 Å². The van der Waals surface area contributed by atoms with Crippen LogP contribution in [0.25, 0.3) is 22.5 Å². The average Bonchev–Trinajstić information content (AvgIpc) is 3.19. The first kappa shape index (κ1) is 16.0. The summed E-state index contributed by atoms with van der Waals surface area (Å²) in [4.78, 5) is 17.6. The van der Waals surface area contributed by atoms with Crippen molar-refractivity contribution in [3.05, 3.63) is 71.7 Å². The molecule has 0 radical (unpaired) electrons. The Morgan fingerprint density at radius 1 is 1.07 bits per heavy atom. The predicted octanol–water partition coefficient (Wildman–Crippen LogP) is 3.76. The molecule has 132 valence electrons. The van der Waals surface area contributed by atoms with Gasteiger partial charge in [0, 0.05) is 47.2 Å². The Morgan fingerprint density at radius 3 is 2.85 bits per heavy atom. The van der Waals surface area contributed by atoms with Crippen LogP contribution < -0.4 is 10.9 Å². The molecule has 0 amide bonds. The molecule has 0 unspecified atom stereocenters. The molecule has 5 rings (SSSR count). The molecule has 0 bridgehead atoms. The van der Waals surface area contributed by atoms with Crippen molar-refractivity contribution in [2.45, 2.75) is 6.54 Å². The number of nitrogens with zero attached hydrogens (tertiary/aromatic N) is 5. The first-order valence-corrected chi connectivity index (χ1v) is 9.01. The summed E-state index contributed by atoms with van der Waals surface area (Å²) in [6.45, 7) is 1.67. The van der Waals surface area contributed by atoms with E-state index < -0.39 is 0 Å². The van der Waals surface area contributed by atoms with E-state index in [2.05, 4.69) is 35.9 Å². The van der Waals surface area contributed by atoms with E-state index in [-0.39, 0.29) is 0 Å². The number of anilines is 1. The summed E-state index contributed by atoms with van der Waals surface area (Å²) >= 11 is 6.44. The number of benzene rings is 1. The number of nitrogens with one attached hydrogen (secondary N) is 1. The Balaban J connectivity index is 1.73. The van der Waals surface area contributed by atoms with Gasteiger partial charge in [0.25, 0.3) is 5.62 Å². The quantitative estimate of drug-likeness (QED) is 0.580. The minimum atomic E-state index is 0.419. The van der Waals surface area contributed by atoms with Gasteiger partial charge in [-0.25, -0.2) is 9.98 Å². The van der Waals surface area contributed by atoms with E-state index in [0.717, 1.165) is 52.1 Å². The first-order valence-electron chi connectivity index (χ1n) is 8.64. The highest BCUT2D eigenvalue weighted by atomic mass is 35.5. The zero-order chi connectivity index (χ0) is 18.2. The third kappa shape index (κ3) is 2.84. The molecular weight excluding hydrogens is 360 g/mol. The zero-order valence-corrected chi connectivity index (χ0v) is 15.1. The average molecular weight is 375 g/mol. The van der Waals surface area contributed by atoms with E-state index in [1.165, 1.54) is 0 Å². The Bertz CT molecular complexity index is 1170. The standard InChI is InChI=1S/C20H15ClN6/c21-17-6-2-1-5-15(17)16-10-13-11-24-20(25-14-4-3-7-22-12-14)26-18(13)27-9-8-23-19(16)27/h1-7,10-12,23H,8-9H2. The van der Waals surface area contributed by atoms with E-state index in [4.69, 9.17) is 11.6 Å². The fourth-order valence-corrected chi connectivity index (χ4v) is 3.57. The summed E-state index contributed by atoms with van der Waals surface area (Å²) < 4.78 is 2.16. The second kappa shape index (κ2) is 6.48. The van der Waals surface area contributed by atoms with E-state index in [1.807, 2.05) is 42.6 Å². The van der Waals surface area contributed by atoms with Crippen LogP contribution in [-0.2, 0) is 6.54 Å². The summed E-state index contributed by atoms with van der Waals surface area (Å²) in [5.41, 5.74) is 4.13. The molecular formula is C20H15ClN6. The SMILES string of the molecule is Clc1ccccc1-c1cc2cnc(=Nc3cccnc3)nc-2n2c1NCC2. The molecule has 6 nitrogen and oxygen atoms in total. The number of rotatable bonds is 2. The highest BCUT2D eigenvalue weighted by Crippen LogP contribution is 2.39. The molecule has 1 N–H and O–H groups in total. The molecule has 2 aromatic rings. The molecule has 0 saturated heterocycles. The molecule has 1 aromatic carbocycles. The molecule has 0 aliphatic carbocycles. The van der Waals surface area contributed by atoms with Crippen LogP contribution in [0.3, 0.4) is 0 Å². The normalized spacial score (nSPS) is 13.6. The molecule has 1 aromatic heterocycles. The van der Waals surface area contributed by atoms with Crippen LogP contribution in [0.15, 0.2) is 66.0 Å². The van der Waals surface area contributed by atoms with Gasteiger partial charge in [-0.3, -0.25) is 4.98 Å². The summed E-state index contributed by atoms with van der Waals surface area (Å²) in [5.74, 6) is 1.87. The third-order valence-electron chi connectivity index (χ3n) is 4.53. The van der Waals surface area contributed by atoms with Crippen molar-refractivity contribution < 1.29 is 0 Å². The van der Waals surface area contributed by atoms with Gasteiger partial charge in [-0.1, -0.05) is 29.8 Å². The fourth-order valence-electron chi connectivity index (χ4n) is 3.33. The molecule has 4 heterocycles. The van der Waals surface area contributed by atoms with Crippen LogP contribution in [0, 0.1) is 0 Å². The lowest BCUT2D eigenvalue weighted by atomic mass is 10.0. The van der Waals surface area contributed by atoms with E-state index in [9.17, 15) is 0 Å². The molecule has 3 aliphatic rings. The van der Waals surface area contributed by atoms with Crippen molar-refractivity contribution in [2.75, 3.05) is 11.9 Å². The molecule has 7 heteroatoms. The van der Waals surface area contributed by atoms with Crippen LogP contribution >= 0.6 is 11.6 Å². The van der Waals surface area contributed by atoms with E-state index >= 15 is 0 Å². The maximum atomic E-state index is 6.44. The van der Waals surface area contributed by atoms with Gasteiger partial charge in [-0.15, -0.1) is 0 Å². The molecule has 0 atom stereocenters.